The number of nitrogens with zero attached hydrogens (tertiary/aromatic N) is 1. The summed E-state index contributed by atoms with van der Waals surface area (Å²) in [5, 5.41) is 1.82. The van der Waals surface area contributed by atoms with Crippen molar-refractivity contribution < 1.29 is 9.59 Å². The van der Waals surface area contributed by atoms with Crippen LogP contribution in [0.5, 0.6) is 0 Å². The van der Waals surface area contributed by atoms with Crippen LogP contribution >= 0.6 is 15.9 Å². The van der Waals surface area contributed by atoms with Crippen molar-refractivity contribution in [2.24, 2.45) is 0 Å². The van der Waals surface area contributed by atoms with Gasteiger partial charge in [-0.05, 0) is 16.8 Å². The molecule has 0 saturated heterocycles. The third-order valence-electron chi connectivity index (χ3n) is 2.98. The van der Waals surface area contributed by atoms with E-state index in [1.165, 1.54) is 4.90 Å². The first kappa shape index (κ1) is 10.5. The predicted molar refractivity (Wildman–Crippen MR) is 68.2 cm³/mol. The van der Waals surface area contributed by atoms with Crippen molar-refractivity contribution in [3.05, 3.63) is 47.5 Å². The maximum absolute atomic E-state index is 12.1. The lowest BCUT2D eigenvalue weighted by molar-refractivity contribution is 0.0686. The molecule has 0 fully saturated rings. The van der Waals surface area contributed by atoms with Gasteiger partial charge in [-0.1, -0.05) is 46.3 Å². The van der Waals surface area contributed by atoms with E-state index in [0.717, 1.165) is 10.8 Å². The first-order chi connectivity index (χ1) is 8.24. The van der Waals surface area contributed by atoms with Crippen molar-refractivity contribution in [2.75, 3.05) is 5.45 Å². The number of carbonyl (C=O) groups is 2. The maximum Gasteiger partial charge on any atom is 0.262 e. The van der Waals surface area contributed by atoms with Crippen LogP contribution < -0.4 is 0 Å². The Hall–Kier alpha value is -1.68. The number of amides is 2. The van der Waals surface area contributed by atoms with E-state index in [9.17, 15) is 9.59 Å². The van der Waals surface area contributed by atoms with Crippen molar-refractivity contribution >= 4 is 38.5 Å². The SMILES string of the molecule is O=C1c2ccc3ccccc3c2C(=O)N1CBr. The summed E-state index contributed by atoms with van der Waals surface area (Å²) in [5.74, 6) is -0.452. The Kier molecular flexibility index (Phi) is 2.26. The molecule has 0 saturated carbocycles. The van der Waals surface area contributed by atoms with Gasteiger partial charge in [-0.3, -0.25) is 14.5 Å². The quantitative estimate of drug-likeness (QED) is 0.460. The molecule has 0 atom stereocenters. The van der Waals surface area contributed by atoms with E-state index in [1.807, 2.05) is 30.3 Å². The van der Waals surface area contributed by atoms with Gasteiger partial charge in [0.15, 0.2) is 0 Å². The van der Waals surface area contributed by atoms with Gasteiger partial charge in [0.25, 0.3) is 11.8 Å². The number of carbonyl (C=O) groups excluding carboxylic acids is 2. The van der Waals surface area contributed by atoms with Crippen LogP contribution in [0.1, 0.15) is 20.7 Å². The topological polar surface area (TPSA) is 37.4 Å². The Morgan fingerprint density at radius 3 is 2.53 bits per heavy atom. The van der Waals surface area contributed by atoms with E-state index in [2.05, 4.69) is 15.9 Å². The summed E-state index contributed by atoms with van der Waals surface area (Å²) in [7, 11) is 0. The molecule has 0 unspecified atom stereocenters. The Bertz CT molecular complexity index is 651. The summed E-state index contributed by atoms with van der Waals surface area (Å²) in [6.45, 7) is 0. The molecule has 2 aromatic rings. The van der Waals surface area contributed by atoms with Gasteiger partial charge in [0.1, 0.15) is 0 Å². The molecule has 0 bridgehead atoms. The van der Waals surface area contributed by atoms with E-state index in [1.54, 1.807) is 6.07 Å². The summed E-state index contributed by atoms with van der Waals surface area (Å²) < 4.78 is 0. The molecular weight excluding hydrogens is 282 g/mol. The molecule has 0 aliphatic carbocycles. The van der Waals surface area contributed by atoms with Gasteiger partial charge >= 0.3 is 0 Å². The van der Waals surface area contributed by atoms with Gasteiger partial charge in [-0.2, -0.15) is 0 Å². The van der Waals surface area contributed by atoms with Gasteiger partial charge in [-0.15, -0.1) is 0 Å². The van der Waals surface area contributed by atoms with Crippen LogP contribution in [0.15, 0.2) is 36.4 Å². The number of imide groups is 1. The number of fused-ring (bicyclic) bond motifs is 3. The summed E-state index contributed by atoms with van der Waals surface area (Å²) in [4.78, 5) is 25.3. The normalized spacial score (nSPS) is 14.5. The molecule has 84 valence electrons. The van der Waals surface area contributed by atoms with Gasteiger partial charge in [0.05, 0.1) is 16.6 Å². The Morgan fingerprint density at radius 1 is 1.00 bits per heavy atom. The van der Waals surface area contributed by atoms with E-state index in [-0.39, 0.29) is 17.3 Å². The zero-order valence-electron chi connectivity index (χ0n) is 8.81. The molecule has 0 aromatic heterocycles. The van der Waals surface area contributed by atoms with Gasteiger partial charge in [0, 0.05) is 0 Å². The molecule has 0 radical (unpaired) electrons. The Labute approximate surface area is 106 Å². The monoisotopic (exact) mass is 289 g/mol. The van der Waals surface area contributed by atoms with Crippen molar-refractivity contribution in [3.63, 3.8) is 0 Å². The second kappa shape index (κ2) is 3.67. The van der Waals surface area contributed by atoms with Crippen molar-refractivity contribution in [1.82, 2.24) is 4.90 Å². The molecule has 2 amide bonds. The highest BCUT2D eigenvalue weighted by Gasteiger charge is 2.35. The van der Waals surface area contributed by atoms with Crippen molar-refractivity contribution in [3.8, 4) is 0 Å². The van der Waals surface area contributed by atoms with Gasteiger partial charge in [-0.25, -0.2) is 0 Å². The third kappa shape index (κ3) is 1.34. The molecule has 1 heterocycles. The molecule has 1 aliphatic heterocycles. The first-order valence-corrected chi connectivity index (χ1v) is 6.30. The molecule has 2 aromatic carbocycles. The van der Waals surface area contributed by atoms with E-state index < -0.39 is 0 Å². The smallest absolute Gasteiger partial charge is 0.262 e. The Balaban J connectivity index is 2.37. The number of hydrogen-bond acceptors (Lipinski definition) is 2. The fourth-order valence-corrected chi connectivity index (χ4v) is 2.62. The molecule has 1 aliphatic rings. The van der Waals surface area contributed by atoms with Crippen LogP contribution in [0, 0.1) is 0 Å². The highest BCUT2D eigenvalue weighted by molar-refractivity contribution is 9.09. The minimum absolute atomic E-state index is 0.223. The second-order valence-electron chi connectivity index (χ2n) is 3.87. The molecule has 17 heavy (non-hydrogen) atoms. The van der Waals surface area contributed by atoms with E-state index in [4.69, 9.17) is 0 Å². The largest absolute Gasteiger partial charge is 0.269 e. The molecule has 3 rings (SSSR count). The Morgan fingerprint density at radius 2 is 1.76 bits per heavy atom. The minimum atomic E-state index is -0.229. The first-order valence-electron chi connectivity index (χ1n) is 5.18. The molecular formula is C13H8BrNO2. The van der Waals surface area contributed by atoms with Gasteiger partial charge in [0.2, 0.25) is 0 Å². The zero-order chi connectivity index (χ0) is 12.0. The van der Waals surface area contributed by atoms with Crippen LogP contribution in [-0.2, 0) is 0 Å². The molecule has 0 spiro atoms. The van der Waals surface area contributed by atoms with Crippen LogP contribution in [-0.4, -0.2) is 22.2 Å². The van der Waals surface area contributed by atoms with Gasteiger partial charge < -0.3 is 0 Å². The van der Waals surface area contributed by atoms with Crippen LogP contribution in [0.25, 0.3) is 10.8 Å². The average Bonchev–Trinajstić information content (AvgIpc) is 2.61. The molecule has 4 heteroatoms. The lowest BCUT2D eigenvalue weighted by Crippen LogP contribution is -2.27. The lowest BCUT2D eigenvalue weighted by atomic mass is 10.0. The van der Waals surface area contributed by atoms with E-state index >= 15 is 0 Å². The lowest BCUT2D eigenvalue weighted by Gasteiger charge is -2.07. The highest BCUT2D eigenvalue weighted by atomic mass is 79.9. The van der Waals surface area contributed by atoms with Crippen molar-refractivity contribution in [2.45, 2.75) is 0 Å². The summed E-state index contributed by atoms with van der Waals surface area (Å²) in [6, 6.07) is 11.2. The maximum atomic E-state index is 12.1. The average molecular weight is 290 g/mol. The number of rotatable bonds is 1. The fraction of sp³-hybridized carbons (Fsp3) is 0.0769. The van der Waals surface area contributed by atoms with Crippen LogP contribution in [0.2, 0.25) is 0 Å². The number of halogens is 1. The number of hydrogen-bond donors (Lipinski definition) is 0. The fourth-order valence-electron chi connectivity index (χ4n) is 2.16. The molecule has 3 nitrogen and oxygen atoms in total. The predicted octanol–water partition coefficient (Wildman–Crippen LogP) is 2.79. The standard InChI is InChI=1S/C13H8BrNO2/c14-7-15-12(16)10-6-5-8-3-1-2-4-9(8)11(10)13(15)17/h1-6H,7H2. The van der Waals surface area contributed by atoms with Crippen LogP contribution in [0.4, 0.5) is 0 Å². The summed E-state index contributed by atoms with van der Waals surface area (Å²) in [5.41, 5.74) is 1.24. The highest BCUT2D eigenvalue weighted by Crippen LogP contribution is 2.30. The van der Waals surface area contributed by atoms with Crippen LogP contribution in [0.3, 0.4) is 0 Å². The second-order valence-corrected chi connectivity index (χ2v) is 4.37. The molecule has 0 N–H and O–H groups in total. The van der Waals surface area contributed by atoms with Crippen molar-refractivity contribution in [1.29, 1.82) is 0 Å². The number of alkyl halides is 1. The van der Waals surface area contributed by atoms with E-state index in [0.29, 0.717) is 11.1 Å². The minimum Gasteiger partial charge on any atom is -0.269 e. The summed E-state index contributed by atoms with van der Waals surface area (Å²) >= 11 is 3.16. The number of benzene rings is 2. The third-order valence-corrected chi connectivity index (χ3v) is 3.48. The summed E-state index contributed by atoms with van der Waals surface area (Å²) in [6.07, 6.45) is 0. The zero-order valence-corrected chi connectivity index (χ0v) is 10.4.